The van der Waals surface area contributed by atoms with Gasteiger partial charge in [0.1, 0.15) is 17.2 Å². The van der Waals surface area contributed by atoms with Crippen molar-refractivity contribution >= 4 is 44.0 Å². The van der Waals surface area contributed by atoms with Crippen LogP contribution in [-0.4, -0.2) is 22.3 Å². The van der Waals surface area contributed by atoms with Crippen LogP contribution in [-0.2, 0) is 6.61 Å². The van der Waals surface area contributed by atoms with Gasteiger partial charge in [-0.3, -0.25) is 4.79 Å². The van der Waals surface area contributed by atoms with Crippen LogP contribution < -0.4 is 10.2 Å². The van der Waals surface area contributed by atoms with Gasteiger partial charge in [0.05, 0.1) is 21.8 Å². The number of hydrogen-bond donors (Lipinski definition) is 3. The predicted molar refractivity (Wildman–Crippen MR) is 117 cm³/mol. The van der Waals surface area contributed by atoms with Gasteiger partial charge in [-0.15, -0.1) is 0 Å². The van der Waals surface area contributed by atoms with Crippen molar-refractivity contribution in [2.45, 2.75) is 6.61 Å². The summed E-state index contributed by atoms with van der Waals surface area (Å²) in [6.07, 6.45) is 1.47. The van der Waals surface area contributed by atoms with Gasteiger partial charge >= 0.3 is 0 Å². The SMILES string of the molecule is O=C(N/N=C/c1cc(Br)c(O)c(Br)c1)c1cccc(Oc2ccc(CO)cc2)c1. The second kappa shape index (κ2) is 9.69. The lowest BCUT2D eigenvalue weighted by atomic mass is 10.2. The molecule has 3 rings (SSSR count). The molecule has 29 heavy (non-hydrogen) atoms. The number of rotatable bonds is 6. The van der Waals surface area contributed by atoms with Crippen LogP contribution in [0.5, 0.6) is 17.2 Å². The van der Waals surface area contributed by atoms with E-state index in [4.69, 9.17) is 9.84 Å². The number of aliphatic hydroxyl groups excluding tert-OH is 1. The average Bonchev–Trinajstić information content (AvgIpc) is 2.72. The second-order valence-electron chi connectivity index (χ2n) is 5.96. The largest absolute Gasteiger partial charge is 0.506 e. The topological polar surface area (TPSA) is 91.2 Å². The van der Waals surface area contributed by atoms with Crippen LogP contribution in [0, 0.1) is 0 Å². The molecule has 3 aromatic carbocycles. The van der Waals surface area contributed by atoms with Crippen LogP contribution in [0.3, 0.4) is 0 Å². The first-order valence-electron chi connectivity index (χ1n) is 8.45. The number of nitrogens with one attached hydrogen (secondary N) is 1. The van der Waals surface area contributed by atoms with Gasteiger partial charge < -0.3 is 14.9 Å². The minimum atomic E-state index is -0.390. The molecule has 0 atom stereocenters. The molecule has 3 N–H and O–H groups in total. The third-order valence-electron chi connectivity index (χ3n) is 3.86. The predicted octanol–water partition coefficient (Wildman–Crippen LogP) is 4.97. The normalized spacial score (nSPS) is 10.9. The lowest BCUT2D eigenvalue weighted by Gasteiger charge is -2.08. The summed E-state index contributed by atoms with van der Waals surface area (Å²) >= 11 is 6.48. The number of halogens is 2. The van der Waals surface area contributed by atoms with E-state index in [1.807, 2.05) is 0 Å². The van der Waals surface area contributed by atoms with Gasteiger partial charge in [-0.1, -0.05) is 18.2 Å². The molecule has 0 bridgehead atoms. The molecule has 0 heterocycles. The molecule has 1 amide bonds. The van der Waals surface area contributed by atoms with Gasteiger partial charge in [0.2, 0.25) is 0 Å². The van der Waals surface area contributed by atoms with Gasteiger partial charge in [0.15, 0.2) is 0 Å². The Bertz CT molecular complexity index is 1030. The fourth-order valence-electron chi connectivity index (χ4n) is 2.39. The fraction of sp³-hybridized carbons (Fsp3) is 0.0476. The molecule has 0 saturated heterocycles. The number of hydrogen-bond acceptors (Lipinski definition) is 5. The van der Waals surface area contributed by atoms with Crippen molar-refractivity contribution in [3.05, 3.63) is 86.3 Å². The number of carbonyl (C=O) groups is 1. The molecular weight excluding hydrogens is 504 g/mol. The smallest absolute Gasteiger partial charge is 0.271 e. The van der Waals surface area contributed by atoms with Gasteiger partial charge in [0.25, 0.3) is 5.91 Å². The van der Waals surface area contributed by atoms with Crippen LogP contribution in [0.15, 0.2) is 74.7 Å². The van der Waals surface area contributed by atoms with E-state index in [0.29, 0.717) is 31.6 Å². The molecule has 8 heteroatoms. The monoisotopic (exact) mass is 518 g/mol. The van der Waals surface area contributed by atoms with Crippen LogP contribution in [0.4, 0.5) is 0 Å². The number of carbonyl (C=O) groups excluding carboxylic acids is 1. The van der Waals surface area contributed by atoms with Gasteiger partial charge in [-0.25, -0.2) is 5.43 Å². The molecule has 0 aliphatic rings. The van der Waals surface area contributed by atoms with Crippen LogP contribution in [0.2, 0.25) is 0 Å². The number of hydrazone groups is 1. The lowest BCUT2D eigenvalue weighted by molar-refractivity contribution is 0.0955. The number of phenolic OH excluding ortho intramolecular Hbond substituents is 1. The minimum Gasteiger partial charge on any atom is -0.506 e. The molecule has 0 aliphatic heterocycles. The van der Waals surface area contributed by atoms with Crippen LogP contribution in [0.25, 0.3) is 0 Å². The molecule has 0 unspecified atom stereocenters. The third-order valence-corrected chi connectivity index (χ3v) is 5.07. The van der Waals surface area contributed by atoms with E-state index in [2.05, 4.69) is 42.4 Å². The summed E-state index contributed by atoms with van der Waals surface area (Å²) in [6, 6.07) is 17.1. The summed E-state index contributed by atoms with van der Waals surface area (Å²) in [6.45, 7) is -0.0332. The highest BCUT2D eigenvalue weighted by Gasteiger charge is 2.08. The molecule has 0 aromatic heterocycles. The number of phenols is 1. The number of aliphatic hydroxyl groups is 1. The van der Waals surface area contributed by atoms with Crippen molar-refractivity contribution in [2.24, 2.45) is 5.10 Å². The lowest BCUT2D eigenvalue weighted by Crippen LogP contribution is -2.17. The molecule has 148 valence electrons. The number of nitrogens with zero attached hydrogens (tertiary/aromatic N) is 1. The highest BCUT2D eigenvalue weighted by molar-refractivity contribution is 9.11. The van der Waals surface area contributed by atoms with Crippen molar-refractivity contribution in [3.63, 3.8) is 0 Å². The Morgan fingerprint density at radius 2 is 1.72 bits per heavy atom. The molecule has 0 radical (unpaired) electrons. The maximum absolute atomic E-state index is 12.3. The summed E-state index contributed by atoms with van der Waals surface area (Å²) < 4.78 is 6.77. The van der Waals surface area contributed by atoms with Gasteiger partial charge in [-0.2, -0.15) is 5.10 Å². The minimum absolute atomic E-state index is 0.0332. The standard InChI is InChI=1S/C21H16Br2N2O4/c22-18-8-14(9-19(23)20(18)27)11-24-25-21(28)15-2-1-3-17(10-15)29-16-6-4-13(12-26)5-7-16/h1-11,26-27H,12H2,(H,25,28)/b24-11+. The van der Waals surface area contributed by atoms with Gasteiger partial charge in [0, 0.05) is 5.56 Å². The molecule has 0 saturated carbocycles. The summed E-state index contributed by atoms with van der Waals surface area (Å²) in [5.41, 5.74) is 4.32. The van der Waals surface area contributed by atoms with E-state index < -0.39 is 0 Å². The Kier molecular flexibility index (Phi) is 7.03. The summed E-state index contributed by atoms with van der Waals surface area (Å²) in [5, 5.41) is 22.8. The first-order chi connectivity index (χ1) is 14.0. The highest BCUT2D eigenvalue weighted by Crippen LogP contribution is 2.32. The maximum Gasteiger partial charge on any atom is 0.271 e. The molecule has 0 fully saturated rings. The van der Waals surface area contributed by atoms with Crippen molar-refractivity contribution in [2.75, 3.05) is 0 Å². The Morgan fingerprint density at radius 3 is 2.38 bits per heavy atom. The third kappa shape index (κ3) is 5.66. The zero-order valence-electron chi connectivity index (χ0n) is 15.0. The number of amides is 1. The van der Waals surface area contributed by atoms with E-state index in [0.717, 1.165) is 5.56 Å². The van der Waals surface area contributed by atoms with E-state index in [-0.39, 0.29) is 18.3 Å². The summed E-state index contributed by atoms with van der Waals surface area (Å²) in [5.74, 6) is 0.805. The van der Waals surface area contributed by atoms with E-state index >= 15 is 0 Å². The van der Waals surface area contributed by atoms with Gasteiger partial charge in [-0.05, 0) is 85.5 Å². The maximum atomic E-state index is 12.3. The number of aromatic hydroxyl groups is 1. The highest BCUT2D eigenvalue weighted by atomic mass is 79.9. The van der Waals surface area contributed by atoms with Crippen LogP contribution in [0.1, 0.15) is 21.5 Å². The Balaban J connectivity index is 1.65. The van der Waals surface area contributed by atoms with Crippen molar-refractivity contribution in [1.29, 1.82) is 0 Å². The Hall–Kier alpha value is -2.68. The Morgan fingerprint density at radius 1 is 1.03 bits per heavy atom. The quantitative estimate of drug-likeness (QED) is 0.317. The molecular formula is C21H16Br2N2O4. The first kappa shape index (κ1) is 21.0. The second-order valence-corrected chi connectivity index (χ2v) is 7.67. The van der Waals surface area contributed by atoms with E-state index in [1.54, 1.807) is 60.7 Å². The number of benzene rings is 3. The Labute approximate surface area is 184 Å². The average molecular weight is 520 g/mol. The van der Waals surface area contributed by atoms with E-state index in [9.17, 15) is 9.90 Å². The van der Waals surface area contributed by atoms with Crippen molar-refractivity contribution in [3.8, 4) is 17.2 Å². The summed E-state index contributed by atoms with van der Waals surface area (Å²) in [7, 11) is 0. The van der Waals surface area contributed by atoms with E-state index in [1.165, 1.54) is 6.21 Å². The first-order valence-corrected chi connectivity index (χ1v) is 10.0. The molecule has 0 spiro atoms. The fourth-order valence-corrected chi connectivity index (χ4v) is 3.61. The van der Waals surface area contributed by atoms with Crippen LogP contribution >= 0.6 is 31.9 Å². The zero-order chi connectivity index (χ0) is 20.8. The molecule has 6 nitrogen and oxygen atoms in total. The number of ether oxygens (including phenoxy) is 1. The molecule has 3 aromatic rings. The van der Waals surface area contributed by atoms with Crippen molar-refractivity contribution < 1.29 is 19.7 Å². The summed E-state index contributed by atoms with van der Waals surface area (Å²) in [4.78, 5) is 12.3. The molecule has 0 aliphatic carbocycles. The van der Waals surface area contributed by atoms with Crippen molar-refractivity contribution in [1.82, 2.24) is 5.43 Å². The zero-order valence-corrected chi connectivity index (χ0v) is 18.1.